The van der Waals surface area contributed by atoms with Gasteiger partial charge in [-0.05, 0) is 36.4 Å². The minimum Gasteiger partial charge on any atom is -0.345 e. The van der Waals surface area contributed by atoms with Gasteiger partial charge >= 0.3 is 0 Å². The molecule has 0 saturated carbocycles. The summed E-state index contributed by atoms with van der Waals surface area (Å²) in [6, 6.07) is 10.9. The van der Waals surface area contributed by atoms with E-state index >= 15 is 0 Å². The summed E-state index contributed by atoms with van der Waals surface area (Å²) in [7, 11) is 0. The average Bonchev–Trinajstić information content (AvgIpc) is 3.34. The van der Waals surface area contributed by atoms with Gasteiger partial charge in [0.15, 0.2) is 5.65 Å². The van der Waals surface area contributed by atoms with Gasteiger partial charge in [-0.2, -0.15) is 5.10 Å². The first kappa shape index (κ1) is 15.2. The molecule has 5 rings (SSSR count). The zero-order valence-electron chi connectivity index (χ0n) is 14.0. The first-order valence-corrected chi connectivity index (χ1v) is 8.27. The number of aromatic amines is 1. The van der Waals surface area contributed by atoms with Gasteiger partial charge in [0, 0.05) is 46.9 Å². The lowest BCUT2D eigenvalue weighted by Crippen LogP contribution is -2.12. The maximum atomic E-state index is 12.3. The molecule has 0 aliphatic carbocycles. The number of carbonyl (C=O) groups is 1. The highest BCUT2D eigenvalue weighted by Crippen LogP contribution is 2.28. The number of nitrogens with one attached hydrogen (secondary N) is 2. The lowest BCUT2D eigenvalue weighted by Gasteiger charge is -2.05. The second kappa shape index (κ2) is 6.03. The molecule has 8 heteroatoms. The van der Waals surface area contributed by atoms with Crippen LogP contribution in [0.3, 0.4) is 0 Å². The van der Waals surface area contributed by atoms with E-state index in [4.69, 9.17) is 0 Å². The number of rotatable bonds is 3. The number of pyridine rings is 3. The van der Waals surface area contributed by atoms with Crippen LogP contribution in [0.15, 0.2) is 67.5 Å². The number of H-pyrrole nitrogens is 1. The summed E-state index contributed by atoms with van der Waals surface area (Å²) in [5, 5.41) is 7.93. The van der Waals surface area contributed by atoms with Gasteiger partial charge in [-0.25, -0.2) is 14.5 Å². The smallest absolute Gasteiger partial charge is 0.256 e. The molecule has 8 nitrogen and oxygen atoms in total. The van der Waals surface area contributed by atoms with E-state index in [0.29, 0.717) is 17.0 Å². The molecule has 0 saturated heterocycles. The van der Waals surface area contributed by atoms with Crippen LogP contribution in [0.1, 0.15) is 10.4 Å². The molecule has 0 aliphatic heterocycles. The number of carbonyl (C=O) groups excluding carboxylic acids is 1. The predicted octanol–water partition coefficient (Wildman–Crippen LogP) is 2.92. The molecule has 5 aromatic rings. The third-order valence-electron chi connectivity index (χ3n) is 4.31. The standard InChI is InChI=1S/C19H13N7O/c27-19(12-5-7-20-8-6-12)25-16-3-2-14-15(9-21-18(14)24-16)13-1-4-17-22-11-23-26(17)10-13/h1-11H,(H2,21,24,25,27). The van der Waals surface area contributed by atoms with Gasteiger partial charge in [0.1, 0.15) is 17.8 Å². The first-order valence-electron chi connectivity index (χ1n) is 8.27. The van der Waals surface area contributed by atoms with E-state index in [9.17, 15) is 4.79 Å². The number of hydrogen-bond donors (Lipinski definition) is 2. The van der Waals surface area contributed by atoms with Crippen LogP contribution >= 0.6 is 0 Å². The van der Waals surface area contributed by atoms with Crippen LogP contribution in [0.2, 0.25) is 0 Å². The van der Waals surface area contributed by atoms with Gasteiger partial charge in [0.2, 0.25) is 0 Å². The van der Waals surface area contributed by atoms with Crippen molar-refractivity contribution in [3.05, 3.63) is 73.1 Å². The van der Waals surface area contributed by atoms with Crippen molar-refractivity contribution < 1.29 is 4.79 Å². The number of fused-ring (bicyclic) bond motifs is 2. The van der Waals surface area contributed by atoms with Crippen LogP contribution in [0.25, 0.3) is 27.8 Å². The Bertz CT molecular complexity index is 1270. The molecule has 5 aromatic heterocycles. The Morgan fingerprint density at radius 1 is 1.07 bits per heavy atom. The highest BCUT2D eigenvalue weighted by atomic mass is 16.1. The van der Waals surface area contributed by atoms with E-state index in [-0.39, 0.29) is 5.91 Å². The lowest BCUT2D eigenvalue weighted by atomic mass is 10.1. The highest BCUT2D eigenvalue weighted by Gasteiger charge is 2.11. The van der Waals surface area contributed by atoms with Crippen molar-refractivity contribution in [2.45, 2.75) is 0 Å². The van der Waals surface area contributed by atoms with Gasteiger partial charge in [0.25, 0.3) is 5.91 Å². The van der Waals surface area contributed by atoms with Crippen molar-refractivity contribution in [1.82, 2.24) is 29.5 Å². The monoisotopic (exact) mass is 355 g/mol. The molecular formula is C19H13N7O. The van der Waals surface area contributed by atoms with Crippen molar-refractivity contribution in [3.63, 3.8) is 0 Å². The van der Waals surface area contributed by atoms with Crippen LogP contribution < -0.4 is 5.32 Å². The molecule has 0 bridgehead atoms. The Balaban J connectivity index is 1.48. The van der Waals surface area contributed by atoms with Crippen molar-refractivity contribution in [2.24, 2.45) is 0 Å². The van der Waals surface area contributed by atoms with E-state index < -0.39 is 0 Å². The van der Waals surface area contributed by atoms with E-state index in [1.807, 2.05) is 30.6 Å². The Kier molecular flexibility index (Phi) is 3.39. The fraction of sp³-hybridized carbons (Fsp3) is 0. The van der Waals surface area contributed by atoms with E-state index in [1.54, 1.807) is 35.1 Å². The minimum absolute atomic E-state index is 0.229. The second-order valence-corrected chi connectivity index (χ2v) is 5.97. The van der Waals surface area contributed by atoms with Crippen LogP contribution in [0.4, 0.5) is 5.82 Å². The molecule has 2 N–H and O–H groups in total. The van der Waals surface area contributed by atoms with E-state index in [1.165, 1.54) is 6.33 Å². The first-order chi connectivity index (χ1) is 13.3. The number of nitrogens with zero attached hydrogens (tertiary/aromatic N) is 5. The summed E-state index contributed by atoms with van der Waals surface area (Å²) in [5.74, 6) is 0.247. The fourth-order valence-corrected chi connectivity index (χ4v) is 2.98. The van der Waals surface area contributed by atoms with Crippen molar-refractivity contribution in [3.8, 4) is 11.1 Å². The number of hydrogen-bond acceptors (Lipinski definition) is 5. The quantitative estimate of drug-likeness (QED) is 0.518. The minimum atomic E-state index is -0.229. The van der Waals surface area contributed by atoms with Crippen molar-refractivity contribution >= 4 is 28.4 Å². The Morgan fingerprint density at radius 3 is 2.85 bits per heavy atom. The van der Waals surface area contributed by atoms with Gasteiger partial charge in [-0.3, -0.25) is 9.78 Å². The van der Waals surface area contributed by atoms with Gasteiger partial charge < -0.3 is 10.3 Å². The molecule has 0 spiro atoms. The average molecular weight is 355 g/mol. The summed E-state index contributed by atoms with van der Waals surface area (Å²) in [5.41, 5.74) is 4.01. The zero-order chi connectivity index (χ0) is 18.2. The number of aromatic nitrogens is 6. The summed E-state index contributed by atoms with van der Waals surface area (Å²) in [6.45, 7) is 0. The third kappa shape index (κ3) is 2.69. The number of anilines is 1. The molecule has 5 heterocycles. The van der Waals surface area contributed by atoms with Crippen molar-refractivity contribution in [1.29, 1.82) is 0 Å². The molecule has 0 aromatic carbocycles. The van der Waals surface area contributed by atoms with Gasteiger partial charge in [0.05, 0.1) is 0 Å². The fourth-order valence-electron chi connectivity index (χ4n) is 2.98. The van der Waals surface area contributed by atoms with Crippen LogP contribution in [-0.4, -0.2) is 35.5 Å². The Morgan fingerprint density at radius 2 is 1.96 bits per heavy atom. The zero-order valence-corrected chi connectivity index (χ0v) is 14.0. The second-order valence-electron chi connectivity index (χ2n) is 5.97. The largest absolute Gasteiger partial charge is 0.345 e. The topological polar surface area (TPSA) is 101 Å². The predicted molar refractivity (Wildman–Crippen MR) is 100 cm³/mol. The summed E-state index contributed by atoms with van der Waals surface area (Å²) < 4.78 is 1.73. The maximum absolute atomic E-state index is 12.3. The number of amides is 1. The SMILES string of the molecule is O=C(Nc1ccc2c(-c3ccc4ncnn4c3)c[nH]c2n1)c1ccncc1. The molecule has 1 amide bonds. The Labute approximate surface area is 152 Å². The van der Waals surface area contributed by atoms with Gasteiger partial charge in [-0.1, -0.05) is 0 Å². The van der Waals surface area contributed by atoms with Crippen LogP contribution in [-0.2, 0) is 0 Å². The van der Waals surface area contributed by atoms with E-state index in [2.05, 4.69) is 30.4 Å². The van der Waals surface area contributed by atoms with E-state index in [0.717, 1.165) is 22.2 Å². The highest BCUT2D eigenvalue weighted by molar-refractivity contribution is 6.04. The maximum Gasteiger partial charge on any atom is 0.256 e. The van der Waals surface area contributed by atoms with Crippen molar-refractivity contribution in [2.75, 3.05) is 5.32 Å². The normalized spacial score (nSPS) is 11.1. The Hall–Kier alpha value is -4.07. The molecule has 0 fully saturated rings. The van der Waals surface area contributed by atoms with Crippen LogP contribution in [0, 0.1) is 0 Å². The summed E-state index contributed by atoms with van der Waals surface area (Å²) in [6.07, 6.45) is 8.49. The summed E-state index contributed by atoms with van der Waals surface area (Å²) in [4.78, 5) is 28.0. The molecule has 0 atom stereocenters. The molecular weight excluding hydrogens is 342 g/mol. The lowest BCUT2D eigenvalue weighted by molar-refractivity contribution is 0.102. The molecule has 0 aliphatic rings. The molecule has 0 radical (unpaired) electrons. The molecule has 130 valence electrons. The molecule has 27 heavy (non-hydrogen) atoms. The van der Waals surface area contributed by atoms with Crippen LogP contribution in [0.5, 0.6) is 0 Å². The third-order valence-corrected chi connectivity index (χ3v) is 4.31. The summed E-state index contributed by atoms with van der Waals surface area (Å²) >= 11 is 0. The molecule has 0 unspecified atom stereocenters. The van der Waals surface area contributed by atoms with Gasteiger partial charge in [-0.15, -0.1) is 0 Å².